The molecule has 1 spiro atoms. The lowest BCUT2D eigenvalue weighted by Crippen LogP contribution is -2.49. The summed E-state index contributed by atoms with van der Waals surface area (Å²) in [6, 6.07) is 12.8. The molecule has 2 aromatic carbocycles. The molecule has 1 aromatic heterocycles. The molecule has 12 nitrogen and oxygen atoms in total. The Bertz CT molecular complexity index is 2060. The van der Waals surface area contributed by atoms with Crippen molar-refractivity contribution in [2.45, 2.75) is 57.0 Å². The Balaban J connectivity index is 0.00000497. The minimum absolute atomic E-state index is 0. The number of aromatic nitrogens is 2. The van der Waals surface area contributed by atoms with Gasteiger partial charge in [0.25, 0.3) is 11.8 Å². The molecule has 3 heterocycles. The number of carbonyl (C=O) groups is 2. The predicted molar refractivity (Wildman–Crippen MR) is 205 cm³/mol. The zero-order valence-electron chi connectivity index (χ0n) is 30.5. The Labute approximate surface area is 317 Å². The number of nitrogens with zero attached hydrogens (tertiary/aromatic N) is 4. The molecule has 14 heteroatoms. The monoisotopic (exact) mass is 765 g/mol. The fourth-order valence-corrected chi connectivity index (χ4v) is 10.4. The molecule has 1 unspecified atom stereocenters. The van der Waals surface area contributed by atoms with Crippen LogP contribution in [0.2, 0.25) is 5.02 Å². The van der Waals surface area contributed by atoms with E-state index in [2.05, 4.69) is 42.4 Å². The van der Waals surface area contributed by atoms with Gasteiger partial charge in [0.05, 0.1) is 38.4 Å². The highest BCUT2D eigenvalue weighted by molar-refractivity contribution is 7.92. The second kappa shape index (κ2) is 15.3. The fraction of sp³-hybridized carbons (Fsp3) is 0.487. The number of fused-ring (bicyclic) bond motifs is 4. The van der Waals surface area contributed by atoms with Crippen LogP contribution >= 0.6 is 11.6 Å². The Hall–Kier alpha value is -4.20. The van der Waals surface area contributed by atoms with Crippen LogP contribution in [0.5, 0.6) is 17.5 Å². The number of carbonyl (C=O) groups excluding carboxylic acids is 2. The van der Waals surface area contributed by atoms with Crippen molar-refractivity contribution in [1.29, 1.82) is 0 Å². The van der Waals surface area contributed by atoms with Crippen LogP contribution in [0.4, 0.5) is 5.69 Å². The molecular formula is C39H48ClN5O7S. The van der Waals surface area contributed by atoms with Crippen LogP contribution in [-0.4, -0.2) is 79.1 Å². The summed E-state index contributed by atoms with van der Waals surface area (Å²) in [7, 11) is 0.804. The lowest BCUT2D eigenvalue weighted by atomic mass is 9.68. The highest BCUT2D eigenvalue weighted by atomic mass is 35.5. The number of amides is 2. The smallest absolute Gasteiger partial charge is 0.286 e. The molecule has 1 fully saturated rings. The molecule has 7 rings (SSSR count). The second-order valence-corrected chi connectivity index (χ2v) is 17.1. The maximum absolute atomic E-state index is 14.7. The van der Waals surface area contributed by atoms with Crippen molar-refractivity contribution in [2.24, 2.45) is 22.1 Å². The van der Waals surface area contributed by atoms with Crippen molar-refractivity contribution in [3.8, 4) is 17.5 Å². The molecule has 0 saturated heterocycles. The summed E-state index contributed by atoms with van der Waals surface area (Å²) < 4.78 is 44.6. The Kier molecular flexibility index (Phi) is 10.7. The average molecular weight is 766 g/mol. The van der Waals surface area contributed by atoms with E-state index in [0.717, 1.165) is 49.4 Å². The van der Waals surface area contributed by atoms with Gasteiger partial charge in [0.2, 0.25) is 11.8 Å². The van der Waals surface area contributed by atoms with Crippen LogP contribution in [0.3, 0.4) is 0 Å². The number of nitrogens with one attached hydrogen (secondary N) is 1. The van der Waals surface area contributed by atoms with E-state index in [9.17, 15) is 13.8 Å². The van der Waals surface area contributed by atoms with Crippen molar-refractivity contribution in [1.82, 2.24) is 14.9 Å². The van der Waals surface area contributed by atoms with Crippen LogP contribution < -0.4 is 23.8 Å². The topological polar surface area (TPSA) is 142 Å². The van der Waals surface area contributed by atoms with Crippen LogP contribution in [0.15, 0.2) is 59.0 Å². The number of ether oxygens (including phenoxy) is 4. The minimum Gasteiger partial charge on any atom is -0.490 e. The molecule has 1 saturated carbocycles. The third-order valence-corrected chi connectivity index (χ3v) is 13.4. The summed E-state index contributed by atoms with van der Waals surface area (Å²) >= 11 is 6.46. The van der Waals surface area contributed by atoms with E-state index in [1.54, 1.807) is 25.3 Å². The normalized spacial score (nSPS) is 28.9. The molecule has 284 valence electrons. The van der Waals surface area contributed by atoms with Crippen molar-refractivity contribution < 1.29 is 34.2 Å². The SMILES string of the molecule is COc1cc(C(=O)NS2(=O)=NC(=O)c3ccc4c(c3)N(C[C@@H]3CC[C@H]3[C@@H](OC)/C=C/C[C@H](C)C2)C[C@@]2(CCCc3cc(Cl)ccc32)CO4)c(OC)nn1.[HH]. The zero-order chi connectivity index (χ0) is 37.3. The molecule has 0 radical (unpaired) electrons. The van der Waals surface area contributed by atoms with Gasteiger partial charge in [-0.25, -0.2) is 4.21 Å². The molecule has 2 aliphatic heterocycles. The molecule has 4 aliphatic rings. The summed E-state index contributed by atoms with van der Waals surface area (Å²) in [5.74, 6) is -0.466. The standard InChI is InChI=1S/C39H46ClN5O7S.H2/c1-24-7-5-9-33(49-2)29-13-10-27(29)20-45-22-39(16-6-8-25-17-28(40)12-14-31(25)39)23-52-34-15-11-26(18-32(34)45)36(46)43-53(48,21-24)44-37(47)30-19-35(50-3)41-42-38(30)51-4;/h5,9,11-12,14-15,17-19,24,27,29,33H,6-8,10,13,16,20-23H2,1-4H3,(H,43,44,46,47,48);1H/b9-5+;/t24-,27-,29+,33-,39-,53?;/m0./s1. The number of hydrogen-bond donors (Lipinski definition) is 1. The van der Waals surface area contributed by atoms with Gasteiger partial charge in [0, 0.05) is 43.7 Å². The summed E-state index contributed by atoms with van der Waals surface area (Å²) in [6.07, 6.45) is 9.63. The number of hydrogen-bond acceptors (Lipinski definition) is 10. The first-order valence-electron chi connectivity index (χ1n) is 18.1. The molecule has 2 bridgehead atoms. The van der Waals surface area contributed by atoms with Gasteiger partial charge in [-0.3, -0.25) is 14.3 Å². The zero-order valence-corrected chi connectivity index (χ0v) is 32.1. The van der Waals surface area contributed by atoms with Crippen LogP contribution in [0.1, 0.15) is 72.3 Å². The second-order valence-electron chi connectivity index (χ2n) is 14.7. The highest BCUT2D eigenvalue weighted by Gasteiger charge is 2.44. The predicted octanol–water partition coefficient (Wildman–Crippen LogP) is 6.46. The summed E-state index contributed by atoms with van der Waals surface area (Å²) in [6.45, 7) is 3.84. The number of rotatable bonds is 5. The highest BCUT2D eigenvalue weighted by Crippen LogP contribution is 2.47. The van der Waals surface area contributed by atoms with E-state index in [-0.39, 0.29) is 47.5 Å². The van der Waals surface area contributed by atoms with Gasteiger partial charge in [-0.05, 0) is 97.7 Å². The third kappa shape index (κ3) is 7.61. The fourth-order valence-electron chi connectivity index (χ4n) is 8.34. The van der Waals surface area contributed by atoms with Crippen LogP contribution in [0.25, 0.3) is 0 Å². The van der Waals surface area contributed by atoms with Crippen LogP contribution in [0, 0.1) is 17.8 Å². The quantitative estimate of drug-likeness (QED) is 0.288. The Morgan fingerprint density at radius 2 is 1.96 bits per heavy atom. The van der Waals surface area contributed by atoms with Gasteiger partial charge in [-0.1, -0.05) is 36.7 Å². The number of allylic oxidation sites excluding steroid dienone is 1. The molecular weight excluding hydrogens is 718 g/mol. The van der Waals surface area contributed by atoms with Gasteiger partial charge < -0.3 is 23.8 Å². The molecule has 3 aromatic rings. The van der Waals surface area contributed by atoms with Gasteiger partial charge in [-0.2, -0.15) is 0 Å². The number of halogens is 1. The minimum atomic E-state index is -3.67. The molecule has 1 N–H and O–H groups in total. The van der Waals surface area contributed by atoms with Gasteiger partial charge in [0.1, 0.15) is 21.2 Å². The van der Waals surface area contributed by atoms with E-state index in [0.29, 0.717) is 37.2 Å². The first-order valence-corrected chi connectivity index (χ1v) is 20.2. The van der Waals surface area contributed by atoms with Gasteiger partial charge in [-0.15, -0.1) is 14.6 Å². The average Bonchev–Trinajstić information content (AvgIpc) is 3.28. The van der Waals surface area contributed by atoms with Crippen molar-refractivity contribution >= 4 is 39.0 Å². The van der Waals surface area contributed by atoms with Gasteiger partial charge >= 0.3 is 0 Å². The van der Waals surface area contributed by atoms with Crippen molar-refractivity contribution in [3.05, 3.63) is 81.9 Å². The summed E-state index contributed by atoms with van der Waals surface area (Å²) in [5.41, 5.74) is 3.20. The number of benzene rings is 2. The maximum Gasteiger partial charge on any atom is 0.286 e. The van der Waals surface area contributed by atoms with E-state index in [4.69, 9.17) is 30.5 Å². The Morgan fingerprint density at radius 1 is 1.11 bits per heavy atom. The van der Waals surface area contributed by atoms with E-state index >= 15 is 0 Å². The summed E-state index contributed by atoms with van der Waals surface area (Å²) in [5, 5.41) is 8.47. The third-order valence-electron chi connectivity index (χ3n) is 11.2. The molecule has 2 aliphatic carbocycles. The van der Waals surface area contributed by atoms with E-state index < -0.39 is 21.7 Å². The van der Waals surface area contributed by atoms with Crippen molar-refractivity contribution in [3.63, 3.8) is 0 Å². The van der Waals surface area contributed by atoms with E-state index in [1.165, 1.54) is 31.4 Å². The number of methoxy groups -OCH3 is 3. The lowest BCUT2D eigenvalue weighted by molar-refractivity contribution is 0.0131. The summed E-state index contributed by atoms with van der Waals surface area (Å²) in [4.78, 5) is 30.1. The Morgan fingerprint density at radius 3 is 2.72 bits per heavy atom. The van der Waals surface area contributed by atoms with Crippen LogP contribution in [-0.2, 0) is 26.5 Å². The number of anilines is 1. The molecule has 6 atom stereocenters. The van der Waals surface area contributed by atoms with Gasteiger partial charge in [0.15, 0.2) is 0 Å². The first-order chi connectivity index (χ1) is 25.5. The largest absolute Gasteiger partial charge is 0.490 e. The lowest BCUT2D eigenvalue weighted by Gasteiger charge is -2.46. The number of aryl methyl sites for hydroxylation is 1. The molecule has 53 heavy (non-hydrogen) atoms. The van der Waals surface area contributed by atoms with Crippen molar-refractivity contribution in [2.75, 3.05) is 51.7 Å². The first kappa shape index (κ1) is 37.1. The van der Waals surface area contributed by atoms with E-state index in [1.807, 2.05) is 19.1 Å². The maximum atomic E-state index is 14.7. The molecule has 2 amide bonds.